The summed E-state index contributed by atoms with van der Waals surface area (Å²) in [6, 6.07) is 3.34. The fourth-order valence-electron chi connectivity index (χ4n) is 2.48. The molecule has 9 nitrogen and oxygen atoms in total. The van der Waals surface area contributed by atoms with Gasteiger partial charge in [0.25, 0.3) is 5.91 Å². The lowest BCUT2D eigenvalue weighted by atomic mass is 9.91. The highest BCUT2D eigenvalue weighted by Crippen LogP contribution is 2.34. The molecule has 0 bridgehead atoms. The molecule has 1 aliphatic rings. The van der Waals surface area contributed by atoms with E-state index in [1.54, 1.807) is 6.92 Å². The molecule has 2 rings (SSSR count). The molecule has 11 heteroatoms. The van der Waals surface area contributed by atoms with E-state index in [1.807, 2.05) is 0 Å². The predicted molar refractivity (Wildman–Crippen MR) is 97.7 cm³/mol. The van der Waals surface area contributed by atoms with Gasteiger partial charge in [-0.25, -0.2) is 17.9 Å². The molecule has 2 atom stereocenters. The van der Waals surface area contributed by atoms with E-state index in [1.165, 1.54) is 32.2 Å². The first-order valence-electron chi connectivity index (χ1n) is 7.67. The number of benzene rings is 1. The van der Waals surface area contributed by atoms with Gasteiger partial charge in [0.05, 0.1) is 12.0 Å². The highest BCUT2D eigenvalue weighted by atomic mass is 35.5. The number of halogens is 1. The fraction of sp³-hybridized carbons (Fsp3) is 0.467. The lowest BCUT2D eigenvalue weighted by molar-refractivity contribution is -0.123. The summed E-state index contributed by atoms with van der Waals surface area (Å²) in [6.45, 7) is 3.45. The molecule has 0 radical (unpaired) electrons. The Morgan fingerprint density at radius 3 is 2.50 bits per heavy atom. The van der Waals surface area contributed by atoms with E-state index in [0.717, 1.165) is 0 Å². The van der Waals surface area contributed by atoms with Gasteiger partial charge in [-0.15, -0.1) is 12.4 Å². The molecule has 1 aromatic carbocycles. The summed E-state index contributed by atoms with van der Waals surface area (Å²) >= 11 is 0. The summed E-state index contributed by atoms with van der Waals surface area (Å²) < 4.78 is 32.6. The Balaban J connectivity index is 0.00000338. The number of nitrogens with two attached hydrogens (primary N) is 1. The standard InChI is InChI=1S/C15H22N4O5S.ClH/c1-9(16)6-7-17-25(22,23)10-4-5-12(24-3)11(8-10)15(2)13(20)18-14(21)19-15;/h4-5,8-9,17H,6-7,16H2,1-3H3,(H2,18,19,20,21);1H. The number of hydrogen-bond donors (Lipinski definition) is 4. The molecule has 2 unspecified atom stereocenters. The Morgan fingerprint density at radius 2 is 2.00 bits per heavy atom. The third-order valence-corrected chi connectivity index (χ3v) is 5.42. The van der Waals surface area contributed by atoms with E-state index >= 15 is 0 Å². The molecular weight excluding hydrogens is 384 g/mol. The first-order chi connectivity index (χ1) is 11.6. The van der Waals surface area contributed by atoms with Crippen LogP contribution in [0, 0.1) is 0 Å². The third kappa shape index (κ3) is 4.44. The fourth-order valence-corrected chi connectivity index (χ4v) is 3.56. The lowest BCUT2D eigenvalue weighted by Crippen LogP contribution is -2.41. The highest BCUT2D eigenvalue weighted by Gasteiger charge is 2.45. The molecule has 0 spiro atoms. The smallest absolute Gasteiger partial charge is 0.322 e. The van der Waals surface area contributed by atoms with Gasteiger partial charge in [-0.05, 0) is 38.5 Å². The van der Waals surface area contributed by atoms with Crippen molar-refractivity contribution in [1.29, 1.82) is 0 Å². The average Bonchev–Trinajstić information content (AvgIpc) is 2.79. The van der Waals surface area contributed by atoms with Crippen molar-refractivity contribution in [1.82, 2.24) is 15.4 Å². The minimum absolute atomic E-state index is 0. The van der Waals surface area contributed by atoms with Crippen LogP contribution in [0.2, 0.25) is 0 Å². The van der Waals surface area contributed by atoms with Gasteiger partial charge in [-0.2, -0.15) is 0 Å². The van der Waals surface area contributed by atoms with E-state index in [0.29, 0.717) is 6.42 Å². The summed E-state index contributed by atoms with van der Waals surface area (Å²) in [7, 11) is -2.40. The van der Waals surface area contributed by atoms with Crippen LogP contribution < -0.4 is 25.8 Å². The molecule has 0 aromatic heterocycles. The first-order valence-corrected chi connectivity index (χ1v) is 9.16. The van der Waals surface area contributed by atoms with E-state index in [2.05, 4.69) is 15.4 Å². The monoisotopic (exact) mass is 406 g/mol. The topological polar surface area (TPSA) is 140 Å². The van der Waals surface area contributed by atoms with Gasteiger partial charge in [0.2, 0.25) is 10.0 Å². The molecule has 0 aliphatic carbocycles. The Bertz CT molecular complexity index is 799. The number of amides is 3. The van der Waals surface area contributed by atoms with E-state index < -0.39 is 27.5 Å². The van der Waals surface area contributed by atoms with Crippen LogP contribution in [0.15, 0.2) is 23.1 Å². The number of nitrogens with one attached hydrogen (secondary N) is 3. The van der Waals surface area contributed by atoms with Crippen LogP contribution in [0.25, 0.3) is 0 Å². The molecule has 146 valence electrons. The molecule has 5 N–H and O–H groups in total. The van der Waals surface area contributed by atoms with Crippen LogP contribution in [0.5, 0.6) is 5.75 Å². The zero-order valence-electron chi connectivity index (χ0n) is 14.7. The number of sulfonamides is 1. The predicted octanol–water partition coefficient (Wildman–Crippen LogP) is 0.187. The maximum Gasteiger partial charge on any atom is 0.322 e. The van der Waals surface area contributed by atoms with Gasteiger partial charge in [0, 0.05) is 18.2 Å². The number of imide groups is 1. The zero-order chi connectivity index (χ0) is 18.8. The van der Waals surface area contributed by atoms with Crippen molar-refractivity contribution < 1.29 is 22.7 Å². The minimum atomic E-state index is -3.80. The number of carbonyl (C=O) groups excluding carboxylic acids is 2. The number of urea groups is 1. The summed E-state index contributed by atoms with van der Waals surface area (Å²) in [5, 5.41) is 4.64. The van der Waals surface area contributed by atoms with Gasteiger partial charge < -0.3 is 15.8 Å². The maximum absolute atomic E-state index is 12.4. The summed E-state index contributed by atoms with van der Waals surface area (Å²) in [6.07, 6.45) is 0.485. The third-order valence-electron chi connectivity index (χ3n) is 3.96. The number of rotatable bonds is 7. The Hall–Kier alpha value is -1.88. The van der Waals surface area contributed by atoms with Crippen LogP contribution in [-0.4, -0.2) is 40.1 Å². The van der Waals surface area contributed by atoms with Crippen LogP contribution in [0.1, 0.15) is 25.8 Å². The highest BCUT2D eigenvalue weighted by molar-refractivity contribution is 7.89. The molecule has 1 fully saturated rings. The lowest BCUT2D eigenvalue weighted by Gasteiger charge is -2.24. The minimum Gasteiger partial charge on any atom is -0.496 e. The molecular formula is C15H23ClN4O5S. The second-order valence-electron chi connectivity index (χ2n) is 6.06. The van der Waals surface area contributed by atoms with Crippen molar-refractivity contribution in [2.24, 2.45) is 5.73 Å². The molecule has 26 heavy (non-hydrogen) atoms. The molecule has 1 aromatic rings. The quantitative estimate of drug-likeness (QED) is 0.476. The number of methoxy groups -OCH3 is 1. The first kappa shape index (κ1) is 22.2. The second kappa shape index (κ2) is 8.21. The molecule has 0 saturated carbocycles. The van der Waals surface area contributed by atoms with Crippen LogP contribution >= 0.6 is 12.4 Å². The second-order valence-corrected chi connectivity index (χ2v) is 7.83. The van der Waals surface area contributed by atoms with Crippen LogP contribution in [0.3, 0.4) is 0 Å². The van der Waals surface area contributed by atoms with Crippen molar-refractivity contribution in [2.45, 2.75) is 36.7 Å². The Kier molecular flexibility index (Phi) is 7.00. The largest absolute Gasteiger partial charge is 0.496 e. The molecule has 1 aliphatic heterocycles. The number of ether oxygens (including phenoxy) is 1. The van der Waals surface area contributed by atoms with Gasteiger partial charge >= 0.3 is 6.03 Å². The average molecular weight is 407 g/mol. The van der Waals surface area contributed by atoms with E-state index in [-0.39, 0.29) is 41.2 Å². The number of carbonyl (C=O) groups is 2. The van der Waals surface area contributed by atoms with Crippen LogP contribution in [0.4, 0.5) is 4.79 Å². The number of hydrogen-bond acceptors (Lipinski definition) is 6. The van der Waals surface area contributed by atoms with Gasteiger partial charge in [-0.1, -0.05) is 0 Å². The molecule has 1 saturated heterocycles. The maximum atomic E-state index is 12.4. The zero-order valence-corrected chi connectivity index (χ0v) is 16.3. The van der Waals surface area contributed by atoms with Crippen molar-refractivity contribution in [3.8, 4) is 5.75 Å². The Labute approximate surface area is 158 Å². The molecule has 1 heterocycles. The van der Waals surface area contributed by atoms with Crippen molar-refractivity contribution >= 4 is 34.4 Å². The molecule has 3 amide bonds. The summed E-state index contributed by atoms with van der Waals surface area (Å²) in [5.74, 6) is -0.301. The van der Waals surface area contributed by atoms with Crippen molar-refractivity contribution in [3.05, 3.63) is 23.8 Å². The summed E-state index contributed by atoms with van der Waals surface area (Å²) in [5.41, 5.74) is 4.43. The van der Waals surface area contributed by atoms with Crippen molar-refractivity contribution in [2.75, 3.05) is 13.7 Å². The SMILES string of the molecule is COc1ccc(S(=O)(=O)NCCC(C)N)cc1C1(C)NC(=O)NC1=O.Cl. The van der Waals surface area contributed by atoms with Gasteiger partial charge in [0.15, 0.2) is 0 Å². The van der Waals surface area contributed by atoms with Gasteiger partial charge in [-0.3, -0.25) is 10.1 Å². The Morgan fingerprint density at radius 1 is 1.35 bits per heavy atom. The van der Waals surface area contributed by atoms with Gasteiger partial charge in [0.1, 0.15) is 11.3 Å². The summed E-state index contributed by atoms with van der Waals surface area (Å²) in [4.78, 5) is 23.6. The van der Waals surface area contributed by atoms with Crippen LogP contribution in [-0.2, 0) is 20.4 Å². The van der Waals surface area contributed by atoms with E-state index in [4.69, 9.17) is 10.5 Å². The van der Waals surface area contributed by atoms with E-state index in [9.17, 15) is 18.0 Å². The normalized spacial score (nSPS) is 20.8. The van der Waals surface area contributed by atoms with Crippen molar-refractivity contribution in [3.63, 3.8) is 0 Å².